The van der Waals surface area contributed by atoms with E-state index in [0.717, 1.165) is 0 Å². The van der Waals surface area contributed by atoms with Crippen LogP contribution in [0.1, 0.15) is 48.5 Å². The second-order valence-corrected chi connectivity index (χ2v) is 7.53. The molecule has 0 spiro atoms. The zero-order valence-electron chi connectivity index (χ0n) is 11.8. The molecule has 0 rings (SSSR count). The molecule has 98 valence electrons. The van der Waals surface area contributed by atoms with E-state index < -0.39 is 8.60 Å². The Morgan fingerprint density at radius 3 is 1.38 bits per heavy atom. The molecular weight excluding hydrogens is 223 g/mol. The third-order valence-corrected chi connectivity index (χ3v) is 2.59. The monoisotopic (exact) mass is 250 g/mol. The Balaban J connectivity index is 3.98. The van der Waals surface area contributed by atoms with Gasteiger partial charge in [0.15, 0.2) is 0 Å². The maximum absolute atomic E-state index is 5.66. The molecular formula is C12H27O3P. The lowest BCUT2D eigenvalue weighted by molar-refractivity contribution is 0.103. The summed E-state index contributed by atoms with van der Waals surface area (Å²) in [6.07, 6.45) is 0. The van der Waals surface area contributed by atoms with Crippen molar-refractivity contribution in [2.45, 2.75) is 48.5 Å². The van der Waals surface area contributed by atoms with E-state index in [2.05, 4.69) is 41.5 Å². The maximum Gasteiger partial charge on any atom is 0.332 e. The fourth-order valence-corrected chi connectivity index (χ4v) is 2.13. The predicted molar refractivity (Wildman–Crippen MR) is 69.4 cm³/mol. The van der Waals surface area contributed by atoms with Crippen molar-refractivity contribution in [3.05, 3.63) is 0 Å². The molecule has 4 heteroatoms. The van der Waals surface area contributed by atoms with Gasteiger partial charge >= 0.3 is 8.60 Å². The van der Waals surface area contributed by atoms with Crippen LogP contribution in [0.3, 0.4) is 0 Å². The zero-order valence-corrected chi connectivity index (χ0v) is 12.7. The first-order valence-electron chi connectivity index (χ1n) is 5.83. The number of rotatable bonds is 6. The molecule has 0 heterocycles. The highest BCUT2D eigenvalue weighted by Gasteiger charge is 2.20. The van der Waals surface area contributed by atoms with Gasteiger partial charge in [-0.25, -0.2) is 0 Å². The van der Waals surface area contributed by atoms with Crippen molar-refractivity contribution in [1.29, 1.82) is 0 Å². The average Bonchev–Trinajstić information content (AvgIpc) is 2.07. The molecule has 0 aromatic heterocycles. The van der Waals surface area contributed by atoms with Crippen molar-refractivity contribution in [3.8, 4) is 0 Å². The van der Waals surface area contributed by atoms with Crippen LogP contribution in [0.25, 0.3) is 0 Å². The van der Waals surface area contributed by atoms with Gasteiger partial charge in [0.1, 0.15) is 0 Å². The fourth-order valence-electron chi connectivity index (χ4n) is 0.710. The molecule has 0 aromatic rings. The lowest BCUT2D eigenvalue weighted by Gasteiger charge is -2.25. The van der Waals surface area contributed by atoms with Crippen molar-refractivity contribution < 1.29 is 13.6 Å². The summed E-state index contributed by atoms with van der Waals surface area (Å²) in [6.45, 7) is 16.7. The molecule has 16 heavy (non-hydrogen) atoms. The summed E-state index contributed by atoms with van der Waals surface area (Å²) in [5.41, 5.74) is 0.283. The van der Waals surface area contributed by atoms with Crippen LogP contribution in [-0.2, 0) is 13.6 Å². The van der Waals surface area contributed by atoms with Gasteiger partial charge in [-0.15, -0.1) is 0 Å². The molecule has 0 aromatic carbocycles. The lowest BCUT2D eigenvalue weighted by atomic mass is 9.99. The molecule has 0 atom stereocenters. The van der Waals surface area contributed by atoms with Crippen molar-refractivity contribution in [1.82, 2.24) is 0 Å². The van der Waals surface area contributed by atoms with E-state index in [4.69, 9.17) is 13.6 Å². The molecule has 0 amide bonds. The molecule has 0 bridgehead atoms. The van der Waals surface area contributed by atoms with Crippen LogP contribution in [0.15, 0.2) is 0 Å². The Labute approximate surface area is 102 Å². The van der Waals surface area contributed by atoms with E-state index in [0.29, 0.717) is 19.8 Å². The molecule has 3 nitrogen and oxygen atoms in total. The molecule has 0 fully saturated rings. The third-order valence-electron chi connectivity index (χ3n) is 1.44. The van der Waals surface area contributed by atoms with Crippen LogP contribution >= 0.6 is 8.60 Å². The summed E-state index contributed by atoms with van der Waals surface area (Å²) in [5.74, 6) is 0. The lowest BCUT2D eigenvalue weighted by Crippen LogP contribution is -2.16. The molecule has 0 saturated carbocycles. The van der Waals surface area contributed by atoms with Gasteiger partial charge in [0, 0.05) is 0 Å². The molecule has 0 N–H and O–H groups in total. The summed E-state index contributed by atoms with van der Waals surface area (Å²) in [6, 6.07) is 0. The minimum atomic E-state index is -1.19. The second kappa shape index (κ2) is 6.90. The highest BCUT2D eigenvalue weighted by atomic mass is 31.2. The molecule has 0 aliphatic heterocycles. The van der Waals surface area contributed by atoms with Gasteiger partial charge in [0.05, 0.1) is 19.8 Å². The van der Waals surface area contributed by atoms with Crippen LogP contribution in [0, 0.1) is 10.8 Å². The van der Waals surface area contributed by atoms with Crippen LogP contribution in [0.2, 0.25) is 0 Å². The maximum atomic E-state index is 5.66. The van der Waals surface area contributed by atoms with E-state index in [1.807, 2.05) is 6.92 Å². The molecule has 0 radical (unpaired) electrons. The van der Waals surface area contributed by atoms with Gasteiger partial charge in [0.25, 0.3) is 0 Å². The first-order valence-corrected chi connectivity index (χ1v) is 6.92. The predicted octanol–water partition coefficient (Wildman–Crippen LogP) is 4.38. The van der Waals surface area contributed by atoms with E-state index in [1.165, 1.54) is 0 Å². The molecule has 0 unspecified atom stereocenters. The first-order chi connectivity index (χ1) is 7.14. The average molecular weight is 250 g/mol. The topological polar surface area (TPSA) is 27.7 Å². The van der Waals surface area contributed by atoms with Crippen LogP contribution in [-0.4, -0.2) is 19.8 Å². The molecule has 0 aliphatic rings. The summed E-state index contributed by atoms with van der Waals surface area (Å²) < 4.78 is 16.8. The Morgan fingerprint density at radius 2 is 1.12 bits per heavy atom. The highest BCUT2D eigenvalue weighted by molar-refractivity contribution is 7.41. The largest absolute Gasteiger partial charge is 0.332 e. The van der Waals surface area contributed by atoms with Crippen molar-refractivity contribution >= 4 is 8.60 Å². The minimum absolute atomic E-state index is 0.142. The Hall–Kier alpha value is 0.310. The van der Waals surface area contributed by atoms with Crippen molar-refractivity contribution in [2.75, 3.05) is 19.8 Å². The molecule has 0 aliphatic carbocycles. The smallest absolute Gasteiger partial charge is 0.313 e. The van der Waals surface area contributed by atoms with Gasteiger partial charge in [-0.05, 0) is 17.8 Å². The summed E-state index contributed by atoms with van der Waals surface area (Å²) in [7, 11) is -1.19. The summed E-state index contributed by atoms with van der Waals surface area (Å²) >= 11 is 0. The fraction of sp³-hybridized carbons (Fsp3) is 1.00. The summed E-state index contributed by atoms with van der Waals surface area (Å²) in [5, 5.41) is 0. The first kappa shape index (κ1) is 16.3. The SMILES string of the molecule is CCOP(OCC(C)(C)C)OCC(C)(C)C. The van der Waals surface area contributed by atoms with Gasteiger partial charge in [-0.2, -0.15) is 0 Å². The van der Waals surface area contributed by atoms with Crippen molar-refractivity contribution in [3.63, 3.8) is 0 Å². The van der Waals surface area contributed by atoms with Crippen LogP contribution < -0.4 is 0 Å². The number of hydrogen-bond acceptors (Lipinski definition) is 3. The van der Waals surface area contributed by atoms with E-state index in [1.54, 1.807) is 0 Å². The normalized spacial score (nSPS) is 13.5. The Morgan fingerprint density at radius 1 is 0.750 bits per heavy atom. The van der Waals surface area contributed by atoms with Crippen molar-refractivity contribution in [2.24, 2.45) is 10.8 Å². The van der Waals surface area contributed by atoms with E-state index in [9.17, 15) is 0 Å². The van der Waals surface area contributed by atoms with Gasteiger partial charge in [0.2, 0.25) is 0 Å². The summed E-state index contributed by atoms with van der Waals surface area (Å²) in [4.78, 5) is 0. The van der Waals surface area contributed by atoms with Gasteiger partial charge in [-0.1, -0.05) is 41.5 Å². The zero-order chi connectivity index (χ0) is 12.8. The highest BCUT2D eigenvalue weighted by Crippen LogP contribution is 2.42. The Kier molecular flexibility index (Phi) is 7.04. The van der Waals surface area contributed by atoms with Crippen LogP contribution in [0.4, 0.5) is 0 Å². The van der Waals surface area contributed by atoms with Gasteiger partial charge in [-0.3, -0.25) is 0 Å². The molecule has 0 saturated heterocycles. The van der Waals surface area contributed by atoms with Gasteiger partial charge < -0.3 is 13.6 Å². The number of hydrogen-bond donors (Lipinski definition) is 0. The Bertz CT molecular complexity index is 164. The van der Waals surface area contributed by atoms with E-state index >= 15 is 0 Å². The van der Waals surface area contributed by atoms with Crippen LogP contribution in [0.5, 0.6) is 0 Å². The minimum Gasteiger partial charge on any atom is -0.313 e. The third kappa shape index (κ3) is 10.8. The second-order valence-electron chi connectivity index (χ2n) is 6.31. The quantitative estimate of drug-likeness (QED) is 0.655. The van der Waals surface area contributed by atoms with E-state index in [-0.39, 0.29) is 10.8 Å². The standard InChI is InChI=1S/C12H27O3P/c1-8-13-16(14-9-11(2,3)4)15-10-12(5,6)7/h8-10H2,1-7H3.